The van der Waals surface area contributed by atoms with E-state index in [4.69, 9.17) is 0 Å². The average molecular weight is 435 g/mol. The van der Waals surface area contributed by atoms with Crippen molar-refractivity contribution in [3.8, 4) is 17.0 Å². The molecule has 5 nitrogen and oxygen atoms in total. The SMILES string of the molecule is CC(C)N1CCC[C@@H](Nc2nnc(-c3ccc(C(F)(F)F)cc3O)c3c2CCCC3)C1. The zero-order valence-electron chi connectivity index (χ0n) is 18.0. The number of fused-ring (bicyclic) bond motifs is 1. The molecule has 31 heavy (non-hydrogen) atoms. The van der Waals surface area contributed by atoms with Gasteiger partial charge in [-0.05, 0) is 82.7 Å². The zero-order chi connectivity index (χ0) is 22.2. The van der Waals surface area contributed by atoms with Crippen molar-refractivity contribution in [2.75, 3.05) is 18.4 Å². The van der Waals surface area contributed by atoms with E-state index in [1.165, 1.54) is 6.07 Å². The molecule has 1 aliphatic heterocycles. The first-order valence-electron chi connectivity index (χ1n) is 11.0. The van der Waals surface area contributed by atoms with E-state index in [1.807, 2.05) is 0 Å². The third-order valence-corrected chi connectivity index (χ3v) is 6.39. The number of halogens is 3. The maximum atomic E-state index is 13.0. The van der Waals surface area contributed by atoms with Crippen LogP contribution in [-0.4, -0.2) is 45.4 Å². The molecular formula is C23H29F3N4O. The highest BCUT2D eigenvalue weighted by molar-refractivity contribution is 5.73. The topological polar surface area (TPSA) is 61.3 Å². The van der Waals surface area contributed by atoms with Crippen LogP contribution in [0.3, 0.4) is 0 Å². The summed E-state index contributed by atoms with van der Waals surface area (Å²) in [4.78, 5) is 2.45. The zero-order valence-corrected chi connectivity index (χ0v) is 18.0. The number of hydrogen-bond acceptors (Lipinski definition) is 5. The van der Waals surface area contributed by atoms with Crippen molar-refractivity contribution < 1.29 is 18.3 Å². The summed E-state index contributed by atoms with van der Waals surface area (Å²) in [5.74, 6) is 0.359. The maximum Gasteiger partial charge on any atom is 0.416 e. The van der Waals surface area contributed by atoms with Gasteiger partial charge in [-0.2, -0.15) is 13.2 Å². The molecule has 0 amide bonds. The highest BCUT2D eigenvalue weighted by Crippen LogP contribution is 2.39. The number of alkyl halides is 3. The van der Waals surface area contributed by atoms with E-state index in [-0.39, 0.29) is 0 Å². The molecule has 0 spiro atoms. The third kappa shape index (κ3) is 4.63. The normalized spacial score (nSPS) is 20.0. The second-order valence-electron chi connectivity index (χ2n) is 8.86. The molecule has 1 atom stereocenters. The van der Waals surface area contributed by atoms with Crippen molar-refractivity contribution in [3.63, 3.8) is 0 Å². The Kier molecular flexibility index (Phi) is 6.10. The number of phenols is 1. The molecule has 2 heterocycles. The fourth-order valence-electron chi connectivity index (χ4n) is 4.68. The molecule has 1 fully saturated rings. The number of rotatable bonds is 4. The Labute approximate surface area is 180 Å². The number of piperidine rings is 1. The number of anilines is 1. The predicted molar refractivity (Wildman–Crippen MR) is 114 cm³/mol. The van der Waals surface area contributed by atoms with Crippen LogP contribution in [-0.2, 0) is 19.0 Å². The summed E-state index contributed by atoms with van der Waals surface area (Å²) in [7, 11) is 0. The van der Waals surface area contributed by atoms with Crippen molar-refractivity contribution >= 4 is 5.82 Å². The molecule has 0 unspecified atom stereocenters. The molecule has 8 heteroatoms. The van der Waals surface area contributed by atoms with Crippen LogP contribution in [0.5, 0.6) is 5.75 Å². The molecule has 1 aliphatic carbocycles. The van der Waals surface area contributed by atoms with Crippen LogP contribution < -0.4 is 5.32 Å². The van der Waals surface area contributed by atoms with E-state index < -0.39 is 17.5 Å². The van der Waals surface area contributed by atoms with Gasteiger partial charge in [-0.1, -0.05) is 0 Å². The Hall–Kier alpha value is -2.35. The molecule has 4 rings (SSSR count). The number of benzene rings is 1. The van der Waals surface area contributed by atoms with Crippen LogP contribution in [0.1, 0.15) is 56.2 Å². The van der Waals surface area contributed by atoms with Crippen LogP contribution in [0.15, 0.2) is 18.2 Å². The number of likely N-dealkylation sites (tertiary alicyclic amines) is 1. The fourth-order valence-corrected chi connectivity index (χ4v) is 4.68. The first-order chi connectivity index (χ1) is 14.7. The van der Waals surface area contributed by atoms with E-state index in [0.29, 0.717) is 23.3 Å². The quantitative estimate of drug-likeness (QED) is 0.707. The van der Waals surface area contributed by atoms with Crippen LogP contribution in [0.2, 0.25) is 0 Å². The van der Waals surface area contributed by atoms with Crippen molar-refractivity contribution in [2.45, 2.75) is 70.6 Å². The summed E-state index contributed by atoms with van der Waals surface area (Å²) >= 11 is 0. The molecule has 1 aromatic carbocycles. The van der Waals surface area contributed by atoms with Gasteiger partial charge in [0.1, 0.15) is 11.4 Å². The van der Waals surface area contributed by atoms with Gasteiger partial charge >= 0.3 is 6.18 Å². The van der Waals surface area contributed by atoms with E-state index in [0.717, 1.165) is 80.7 Å². The first-order valence-corrected chi connectivity index (χ1v) is 11.0. The third-order valence-electron chi connectivity index (χ3n) is 6.39. The smallest absolute Gasteiger partial charge is 0.416 e. The lowest BCUT2D eigenvalue weighted by Crippen LogP contribution is -2.45. The highest BCUT2D eigenvalue weighted by atomic mass is 19.4. The summed E-state index contributed by atoms with van der Waals surface area (Å²) in [5.41, 5.74) is 1.97. The van der Waals surface area contributed by atoms with Gasteiger partial charge in [0.15, 0.2) is 5.82 Å². The Balaban J connectivity index is 1.65. The number of aromatic nitrogens is 2. The van der Waals surface area contributed by atoms with Crippen LogP contribution in [0, 0.1) is 0 Å². The van der Waals surface area contributed by atoms with Crippen molar-refractivity contribution in [1.29, 1.82) is 0 Å². The fraction of sp³-hybridized carbons (Fsp3) is 0.565. The van der Waals surface area contributed by atoms with Gasteiger partial charge in [0.25, 0.3) is 0 Å². The summed E-state index contributed by atoms with van der Waals surface area (Å²) in [6, 6.07) is 3.84. The number of nitrogens with zero attached hydrogens (tertiary/aromatic N) is 3. The molecule has 2 aromatic rings. The number of aromatic hydroxyl groups is 1. The maximum absolute atomic E-state index is 13.0. The van der Waals surface area contributed by atoms with Crippen LogP contribution >= 0.6 is 0 Å². The molecule has 0 saturated carbocycles. The largest absolute Gasteiger partial charge is 0.507 e. The summed E-state index contributed by atoms with van der Waals surface area (Å²) in [5, 5.41) is 22.7. The second-order valence-corrected chi connectivity index (χ2v) is 8.86. The van der Waals surface area contributed by atoms with E-state index >= 15 is 0 Å². The van der Waals surface area contributed by atoms with Gasteiger partial charge in [0.2, 0.25) is 0 Å². The number of nitrogens with one attached hydrogen (secondary N) is 1. The van der Waals surface area contributed by atoms with Gasteiger partial charge < -0.3 is 10.4 Å². The minimum absolute atomic E-state index is 0.293. The Morgan fingerprint density at radius 2 is 1.84 bits per heavy atom. The van der Waals surface area contributed by atoms with E-state index in [2.05, 4.69) is 34.3 Å². The van der Waals surface area contributed by atoms with Crippen molar-refractivity contribution in [3.05, 3.63) is 34.9 Å². The molecular weight excluding hydrogens is 405 g/mol. The van der Waals surface area contributed by atoms with Crippen LogP contribution in [0.4, 0.5) is 19.0 Å². The van der Waals surface area contributed by atoms with Gasteiger partial charge in [-0.3, -0.25) is 4.90 Å². The number of phenolic OH excluding ortho intramolecular Hbond substituents is 1. The number of hydrogen-bond donors (Lipinski definition) is 2. The first kappa shape index (κ1) is 21.9. The van der Waals surface area contributed by atoms with Gasteiger partial charge in [0.05, 0.1) is 5.56 Å². The Morgan fingerprint density at radius 3 is 2.52 bits per heavy atom. The minimum Gasteiger partial charge on any atom is -0.507 e. The van der Waals surface area contributed by atoms with Crippen LogP contribution in [0.25, 0.3) is 11.3 Å². The summed E-state index contributed by atoms with van der Waals surface area (Å²) in [6.45, 7) is 6.46. The highest BCUT2D eigenvalue weighted by Gasteiger charge is 2.32. The molecule has 1 aromatic heterocycles. The monoisotopic (exact) mass is 434 g/mol. The molecule has 168 valence electrons. The molecule has 0 bridgehead atoms. The lowest BCUT2D eigenvalue weighted by Gasteiger charge is -2.36. The lowest BCUT2D eigenvalue weighted by atomic mass is 9.88. The summed E-state index contributed by atoms with van der Waals surface area (Å²) in [6.07, 6.45) is 1.34. The summed E-state index contributed by atoms with van der Waals surface area (Å²) < 4.78 is 38.9. The molecule has 2 N–H and O–H groups in total. The molecule has 2 aliphatic rings. The molecule has 0 radical (unpaired) electrons. The lowest BCUT2D eigenvalue weighted by molar-refractivity contribution is -0.137. The minimum atomic E-state index is -4.50. The second kappa shape index (κ2) is 8.65. The van der Waals surface area contributed by atoms with Crippen molar-refractivity contribution in [2.24, 2.45) is 0 Å². The predicted octanol–water partition coefficient (Wildman–Crippen LogP) is 5.03. The standard InChI is InChI=1S/C23H29F3N4O/c1-14(2)30-11-5-6-16(13-30)27-22-18-8-4-3-7-17(18)21(28-29-22)19-10-9-15(12-20(19)31)23(24,25)26/h9-10,12,14,16,31H,3-8,11,13H2,1-2H3,(H,27,29)/t16-/m1/s1. The van der Waals surface area contributed by atoms with Crippen molar-refractivity contribution in [1.82, 2.24) is 15.1 Å². The Morgan fingerprint density at radius 1 is 1.10 bits per heavy atom. The Bertz CT molecular complexity index is 945. The van der Waals surface area contributed by atoms with E-state index in [1.54, 1.807) is 0 Å². The van der Waals surface area contributed by atoms with Gasteiger partial charge in [-0.15, -0.1) is 10.2 Å². The van der Waals surface area contributed by atoms with E-state index in [9.17, 15) is 18.3 Å². The van der Waals surface area contributed by atoms with Gasteiger partial charge in [-0.25, -0.2) is 0 Å². The molecule has 1 saturated heterocycles. The van der Waals surface area contributed by atoms with Gasteiger partial charge in [0, 0.05) is 29.8 Å². The average Bonchev–Trinajstić information content (AvgIpc) is 2.74.